The number of carbonyl (C=O) groups is 2. The summed E-state index contributed by atoms with van der Waals surface area (Å²) >= 11 is 0. The maximum absolute atomic E-state index is 12.5. The van der Waals surface area contributed by atoms with Gasteiger partial charge in [-0.2, -0.15) is 0 Å². The van der Waals surface area contributed by atoms with Gasteiger partial charge in [0.25, 0.3) is 0 Å². The highest BCUT2D eigenvalue weighted by Gasteiger charge is 2.62. The van der Waals surface area contributed by atoms with Gasteiger partial charge in [-0.3, -0.25) is 9.59 Å². The van der Waals surface area contributed by atoms with E-state index in [9.17, 15) is 24.9 Å². The summed E-state index contributed by atoms with van der Waals surface area (Å²) in [6.07, 6.45) is 5.53. The normalized spacial score (nSPS) is 44.0. The summed E-state index contributed by atoms with van der Waals surface area (Å²) in [4.78, 5) is 24.3. The Balaban J connectivity index is 1.78. The van der Waals surface area contributed by atoms with Crippen LogP contribution < -0.4 is 0 Å². The predicted octanol–water partition coefficient (Wildman–Crippen LogP) is 4.55. The first-order valence-corrected chi connectivity index (χ1v) is 10.3. The summed E-state index contributed by atoms with van der Waals surface area (Å²) in [6, 6.07) is 0. The van der Waals surface area contributed by atoms with E-state index in [4.69, 9.17) is 0 Å². The molecule has 0 aliphatic heterocycles. The molecule has 0 aromatic carbocycles. The standard InChI is InChI=1S/C22H30O5/c1-4-11-14-6-5-12-13-7-8-16(20(26)27)21(13,2)10-9-15(12)22(14,3)19(25)18(24)17(11)23/h12-13,15-16,24-25H,4-10H2,1-3H3,(H,26,27)/t12-,13-,15-,16+,21-,22-/m0/s1. The topological polar surface area (TPSA) is 94.8 Å². The van der Waals surface area contributed by atoms with Crippen molar-refractivity contribution in [1.82, 2.24) is 0 Å². The van der Waals surface area contributed by atoms with Gasteiger partial charge in [0.15, 0.2) is 0 Å². The lowest BCUT2D eigenvalue weighted by atomic mass is 9.46. The summed E-state index contributed by atoms with van der Waals surface area (Å²) in [5.74, 6) is -1.25. The van der Waals surface area contributed by atoms with Gasteiger partial charge in [-0.25, -0.2) is 0 Å². The number of Topliss-reactive ketones (excluding diaryl/α,β-unsaturated/α-hetero) is 1. The smallest absolute Gasteiger partial charge is 0.307 e. The zero-order valence-electron chi connectivity index (χ0n) is 16.4. The number of fused-ring (bicyclic) bond motifs is 5. The van der Waals surface area contributed by atoms with Crippen LogP contribution in [0.15, 0.2) is 22.7 Å². The number of hydrogen-bond acceptors (Lipinski definition) is 4. The summed E-state index contributed by atoms with van der Waals surface area (Å²) < 4.78 is 0. The number of carbonyl (C=O) groups excluding carboxylic acids is 1. The zero-order valence-corrected chi connectivity index (χ0v) is 16.4. The van der Waals surface area contributed by atoms with Gasteiger partial charge >= 0.3 is 5.97 Å². The number of aliphatic hydroxyl groups excluding tert-OH is 2. The molecule has 4 aliphatic rings. The SMILES string of the molecule is CCC1=C2CC[C@@H]3[C@H](CC[C@]4(C)[C@@H](C(=O)O)CC[C@@H]34)[C@@]2(C)C(O)=C(O)C1=O. The molecule has 148 valence electrons. The molecule has 6 atom stereocenters. The lowest BCUT2D eigenvalue weighted by Crippen LogP contribution is -2.52. The van der Waals surface area contributed by atoms with E-state index in [1.165, 1.54) is 0 Å². The fourth-order valence-electron chi connectivity index (χ4n) is 7.40. The molecule has 0 aromatic heterocycles. The largest absolute Gasteiger partial charge is 0.507 e. The minimum atomic E-state index is -0.700. The predicted molar refractivity (Wildman–Crippen MR) is 100 cm³/mol. The summed E-state index contributed by atoms with van der Waals surface area (Å²) in [7, 11) is 0. The third kappa shape index (κ3) is 2.17. The number of ketones is 1. The minimum absolute atomic E-state index is 0.142. The molecule has 4 aliphatic carbocycles. The second-order valence-electron chi connectivity index (χ2n) is 9.47. The van der Waals surface area contributed by atoms with Gasteiger partial charge in [0.1, 0.15) is 5.76 Å². The van der Waals surface area contributed by atoms with E-state index in [2.05, 4.69) is 6.92 Å². The number of aliphatic hydroxyl groups is 2. The molecule has 0 amide bonds. The van der Waals surface area contributed by atoms with Gasteiger partial charge in [0.2, 0.25) is 11.5 Å². The molecular formula is C22H30O5. The summed E-state index contributed by atoms with van der Waals surface area (Å²) in [5.41, 5.74) is 0.774. The minimum Gasteiger partial charge on any atom is -0.507 e. The van der Waals surface area contributed by atoms with E-state index >= 15 is 0 Å². The van der Waals surface area contributed by atoms with E-state index in [1.54, 1.807) is 0 Å². The van der Waals surface area contributed by atoms with Crippen molar-refractivity contribution < 1.29 is 24.9 Å². The number of hydrogen-bond donors (Lipinski definition) is 3. The fraction of sp³-hybridized carbons (Fsp3) is 0.727. The van der Waals surface area contributed by atoms with Gasteiger partial charge < -0.3 is 15.3 Å². The van der Waals surface area contributed by atoms with Gasteiger partial charge in [-0.15, -0.1) is 0 Å². The molecule has 5 nitrogen and oxygen atoms in total. The van der Waals surface area contributed by atoms with Gasteiger partial charge in [-0.05, 0) is 80.6 Å². The molecule has 0 radical (unpaired) electrons. The molecule has 3 fully saturated rings. The van der Waals surface area contributed by atoms with E-state index in [0.29, 0.717) is 23.8 Å². The number of carboxylic acid groups (broad SMARTS) is 1. The Morgan fingerprint density at radius 2 is 1.81 bits per heavy atom. The highest BCUT2D eigenvalue weighted by Crippen LogP contribution is 2.67. The van der Waals surface area contributed by atoms with Crippen molar-refractivity contribution in [2.45, 2.75) is 65.7 Å². The Morgan fingerprint density at radius 3 is 2.44 bits per heavy atom. The highest BCUT2D eigenvalue weighted by molar-refractivity contribution is 6.08. The number of allylic oxidation sites excluding steroid dienone is 2. The van der Waals surface area contributed by atoms with Crippen molar-refractivity contribution in [3.63, 3.8) is 0 Å². The van der Waals surface area contributed by atoms with Crippen LogP contribution in [0.1, 0.15) is 65.7 Å². The maximum Gasteiger partial charge on any atom is 0.307 e. The van der Waals surface area contributed by atoms with Crippen LogP contribution in [0.25, 0.3) is 0 Å². The third-order valence-electron chi connectivity index (χ3n) is 8.75. The zero-order chi connectivity index (χ0) is 19.7. The average molecular weight is 374 g/mol. The van der Waals surface area contributed by atoms with Crippen LogP contribution in [0.3, 0.4) is 0 Å². The Labute approximate surface area is 160 Å². The van der Waals surface area contributed by atoms with Crippen LogP contribution in [0.2, 0.25) is 0 Å². The number of aliphatic carboxylic acids is 1. The van der Waals surface area contributed by atoms with Crippen LogP contribution in [-0.2, 0) is 9.59 Å². The van der Waals surface area contributed by atoms with Crippen molar-refractivity contribution in [3.8, 4) is 0 Å². The van der Waals surface area contributed by atoms with Crippen LogP contribution in [-0.4, -0.2) is 27.1 Å². The highest BCUT2D eigenvalue weighted by atomic mass is 16.4. The van der Waals surface area contributed by atoms with E-state index in [0.717, 1.165) is 44.1 Å². The Hall–Kier alpha value is -1.78. The first-order chi connectivity index (χ1) is 12.7. The summed E-state index contributed by atoms with van der Waals surface area (Å²) in [5, 5.41) is 30.9. The van der Waals surface area contributed by atoms with Crippen molar-refractivity contribution in [2.75, 3.05) is 0 Å². The third-order valence-corrected chi connectivity index (χ3v) is 8.75. The van der Waals surface area contributed by atoms with E-state index in [-0.39, 0.29) is 23.0 Å². The van der Waals surface area contributed by atoms with E-state index < -0.39 is 22.9 Å². The quantitative estimate of drug-likeness (QED) is 0.659. The lowest BCUT2D eigenvalue weighted by Gasteiger charge is -2.57. The Kier molecular flexibility index (Phi) is 4.03. The molecule has 27 heavy (non-hydrogen) atoms. The fourth-order valence-corrected chi connectivity index (χ4v) is 7.40. The molecule has 0 spiro atoms. The molecule has 4 rings (SSSR count). The average Bonchev–Trinajstić information content (AvgIpc) is 2.99. The first-order valence-electron chi connectivity index (χ1n) is 10.3. The molecule has 5 heteroatoms. The second-order valence-corrected chi connectivity index (χ2v) is 9.47. The maximum atomic E-state index is 12.5. The molecule has 0 heterocycles. The van der Waals surface area contributed by atoms with Crippen LogP contribution in [0, 0.1) is 34.5 Å². The van der Waals surface area contributed by atoms with Crippen LogP contribution in [0.4, 0.5) is 0 Å². The Bertz CT molecular complexity index is 778. The Morgan fingerprint density at radius 1 is 1.11 bits per heavy atom. The van der Waals surface area contributed by atoms with Crippen molar-refractivity contribution in [2.24, 2.45) is 34.5 Å². The monoisotopic (exact) mass is 374 g/mol. The number of rotatable bonds is 2. The van der Waals surface area contributed by atoms with Gasteiger partial charge in [0.05, 0.1) is 11.3 Å². The van der Waals surface area contributed by atoms with Crippen LogP contribution in [0.5, 0.6) is 0 Å². The van der Waals surface area contributed by atoms with Crippen molar-refractivity contribution >= 4 is 11.8 Å². The molecule has 3 N–H and O–H groups in total. The summed E-state index contributed by atoms with van der Waals surface area (Å²) in [6.45, 7) is 6.05. The number of carboxylic acids is 1. The molecule has 0 bridgehead atoms. The lowest BCUT2D eigenvalue weighted by molar-refractivity contribution is -0.149. The van der Waals surface area contributed by atoms with Gasteiger partial charge in [0, 0.05) is 5.57 Å². The van der Waals surface area contributed by atoms with Gasteiger partial charge in [-0.1, -0.05) is 13.8 Å². The van der Waals surface area contributed by atoms with Crippen molar-refractivity contribution in [3.05, 3.63) is 22.7 Å². The van der Waals surface area contributed by atoms with Crippen molar-refractivity contribution in [1.29, 1.82) is 0 Å². The second kappa shape index (κ2) is 5.86. The molecule has 0 saturated heterocycles. The molecule has 0 unspecified atom stereocenters. The van der Waals surface area contributed by atoms with Crippen LogP contribution >= 0.6 is 0 Å². The first kappa shape index (κ1) is 18.6. The van der Waals surface area contributed by atoms with E-state index in [1.807, 2.05) is 13.8 Å². The molecule has 0 aromatic rings. The molecular weight excluding hydrogens is 344 g/mol. The molecule has 3 saturated carbocycles.